The summed E-state index contributed by atoms with van der Waals surface area (Å²) in [6.07, 6.45) is 3.34. The normalized spacial score (nSPS) is 24.0. The minimum atomic E-state index is -1.08. The zero-order chi connectivity index (χ0) is 21.9. The number of hydrogen-bond donors (Lipinski definition) is 2. The Morgan fingerprint density at radius 1 is 1.26 bits per heavy atom. The molecule has 2 fully saturated rings. The lowest BCUT2D eigenvalue weighted by Gasteiger charge is -2.43. The van der Waals surface area contributed by atoms with Crippen LogP contribution in [0.15, 0.2) is 24.4 Å². The summed E-state index contributed by atoms with van der Waals surface area (Å²) >= 11 is 0. The number of amides is 2. The predicted octanol–water partition coefficient (Wildman–Crippen LogP) is 1.70. The van der Waals surface area contributed by atoms with E-state index in [0.717, 1.165) is 31.4 Å². The van der Waals surface area contributed by atoms with Gasteiger partial charge in [-0.15, -0.1) is 0 Å². The molecule has 2 N–H and O–H groups in total. The summed E-state index contributed by atoms with van der Waals surface area (Å²) in [5.74, 6) is -4.75. The van der Waals surface area contributed by atoms with Gasteiger partial charge in [-0.3, -0.25) is 14.4 Å². The van der Waals surface area contributed by atoms with Crippen molar-refractivity contribution in [3.8, 4) is 5.75 Å². The van der Waals surface area contributed by atoms with Crippen LogP contribution in [0, 0.1) is 11.6 Å². The lowest BCUT2D eigenvalue weighted by atomic mass is 10.1. The van der Waals surface area contributed by atoms with Gasteiger partial charge in [0.15, 0.2) is 17.7 Å². The molecule has 1 saturated heterocycles. The Morgan fingerprint density at radius 3 is 2.84 bits per heavy atom. The van der Waals surface area contributed by atoms with Crippen molar-refractivity contribution in [3.05, 3.63) is 52.9 Å². The quantitative estimate of drug-likeness (QED) is 0.567. The number of nitrogens with one attached hydrogen (secondary N) is 1. The van der Waals surface area contributed by atoms with E-state index in [4.69, 9.17) is 4.74 Å². The van der Waals surface area contributed by atoms with Gasteiger partial charge < -0.3 is 24.6 Å². The number of halogens is 2. The van der Waals surface area contributed by atoms with E-state index in [0.29, 0.717) is 6.07 Å². The number of aromatic nitrogens is 1. The summed E-state index contributed by atoms with van der Waals surface area (Å²) in [5.41, 5.74) is -0.362. The molecule has 5 rings (SSSR count). The van der Waals surface area contributed by atoms with E-state index in [9.17, 15) is 28.3 Å². The van der Waals surface area contributed by atoms with Gasteiger partial charge in [-0.05, 0) is 25.3 Å². The second-order valence-corrected chi connectivity index (χ2v) is 8.03. The number of carbonyl (C=O) groups excluding carboxylic acids is 3. The van der Waals surface area contributed by atoms with Crippen LogP contribution >= 0.6 is 0 Å². The summed E-state index contributed by atoms with van der Waals surface area (Å²) < 4.78 is 34.1. The summed E-state index contributed by atoms with van der Waals surface area (Å²) in [6, 6.07) is 2.90. The van der Waals surface area contributed by atoms with Crippen LogP contribution in [0.5, 0.6) is 5.75 Å². The van der Waals surface area contributed by atoms with Crippen LogP contribution in [0.25, 0.3) is 0 Å². The largest absolute Gasteiger partial charge is 0.505 e. The third-order valence-corrected chi connectivity index (χ3v) is 6.16. The highest BCUT2D eigenvalue weighted by molar-refractivity contribution is 6.43. The van der Waals surface area contributed by atoms with Gasteiger partial charge in [0.1, 0.15) is 11.6 Å². The number of ether oxygens (including phenoxy) is 1. The minimum Gasteiger partial charge on any atom is -0.505 e. The molecule has 10 heteroatoms. The number of benzene rings is 1. The fourth-order valence-corrected chi connectivity index (χ4v) is 4.66. The first-order chi connectivity index (χ1) is 14.8. The van der Waals surface area contributed by atoms with Crippen LogP contribution in [-0.2, 0) is 22.6 Å². The smallest absolute Gasteiger partial charge is 0.292 e. The monoisotopic (exact) mass is 431 g/mol. The van der Waals surface area contributed by atoms with E-state index in [-0.39, 0.29) is 42.1 Å². The molecule has 0 radical (unpaired) electrons. The van der Waals surface area contributed by atoms with Gasteiger partial charge in [0.2, 0.25) is 0 Å². The molecule has 1 aromatic carbocycles. The second kappa shape index (κ2) is 7.16. The number of ketones is 1. The van der Waals surface area contributed by atoms with Gasteiger partial charge in [0.25, 0.3) is 17.6 Å². The van der Waals surface area contributed by atoms with E-state index < -0.39 is 41.2 Å². The van der Waals surface area contributed by atoms with Crippen LogP contribution in [-0.4, -0.2) is 50.5 Å². The lowest BCUT2D eigenvalue weighted by Crippen LogP contribution is -2.56. The van der Waals surface area contributed by atoms with Crippen molar-refractivity contribution in [2.24, 2.45) is 0 Å². The molecule has 1 aromatic heterocycles. The predicted molar refractivity (Wildman–Crippen MR) is 101 cm³/mol. The van der Waals surface area contributed by atoms with Gasteiger partial charge >= 0.3 is 0 Å². The molecule has 3 atom stereocenters. The Morgan fingerprint density at radius 2 is 2.06 bits per heavy atom. The fourth-order valence-electron chi connectivity index (χ4n) is 4.66. The molecule has 1 saturated carbocycles. The molecular weight excluding hydrogens is 412 g/mol. The lowest BCUT2D eigenvalue weighted by molar-refractivity contribution is -0.131. The maximum absolute atomic E-state index is 13.7. The van der Waals surface area contributed by atoms with E-state index >= 15 is 0 Å². The molecule has 2 aromatic rings. The average molecular weight is 431 g/mol. The molecule has 31 heavy (non-hydrogen) atoms. The summed E-state index contributed by atoms with van der Waals surface area (Å²) in [6.45, 7) is -0.0893. The summed E-state index contributed by atoms with van der Waals surface area (Å²) in [4.78, 5) is 39.5. The molecule has 3 heterocycles. The van der Waals surface area contributed by atoms with Crippen molar-refractivity contribution in [2.45, 2.75) is 50.7 Å². The number of hydrogen-bond acceptors (Lipinski definition) is 5. The minimum absolute atomic E-state index is 0.00204. The Labute approximate surface area is 175 Å². The van der Waals surface area contributed by atoms with Gasteiger partial charge in [0.05, 0.1) is 18.2 Å². The van der Waals surface area contributed by atoms with E-state index in [1.54, 1.807) is 4.90 Å². The highest BCUT2D eigenvalue weighted by atomic mass is 19.1. The molecular formula is C21H19F2N3O5. The van der Waals surface area contributed by atoms with Crippen molar-refractivity contribution in [1.29, 1.82) is 0 Å². The van der Waals surface area contributed by atoms with E-state index in [1.165, 1.54) is 10.8 Å². The zero-order valence-corrected chi connectivity index (χ0v) is 16.3. The average Bonchev–Trinajstić information content (AvgIpc) is 3.26. The first kappa shape index (κ1) is 19.7. The van der Waals surface area contributed by atoms with Crippen LogP contribution < -0.4 is 5.32 Å². The third-order valence-electron chi connectivity index (χ3n) is 6.16. The topological polar surface area (TPSA) is 101 Å². The second-order valence-electron chi connectivity index (χ2n) is 8.03. The summed E-state index contributed by atoms with van der Waals surface area (Å²) in [5, 5.41) is 12.8. The Bertz CT molecular complexity index is 1110. The SMILES string of the molecule is O=C(NCc1ccc(F)cc1F)C(=O)c1cn2c(c1O)C(=O)N1C3CCC(C3)OC1C2. The van der Waals surface area contributed by atoms with Crippen molar-refractivity contribution in [3.63, 3.8) is 0 Å². The van der Waals surface area contributed by atoms with Crippen LogP contribution in [0.1, 0.15) is 45.7 Å². The molecule has 2 bridgehead atoms. The molecule has 2 aliphatic heterocycles. The standard InChI is InChI=1S/C21H19F2N3O5/c22-11-2-1-10(15(23)5-11)7-24-20(29)19(28)14-8-25-9-16-26(21(30)17(25)18(14)27)12-3-4-13(6-12)31-16/h1-2,5,8,12-13,16,27H,3-4,6-7,9H2,(H,24,29). The van der Waals surface area contributed by atoms with Crippen LogP contribution in [0.3, 0.4) is 0 Å². The van der Waals surface area contributed by atoms with Crippen molar-refractivity contribution in [2.75, 3.05) is 0 Å². The van der Waals surface area contributed by atoms with Gasteiger partial charge in [-0.25, -0.2) is 8.78 Å². The summed E-state index contributed by atoms with van der Waals surface area (Å²) in [7, 11) is 0. The molecule has 3 unspecified atom stereocenters. The Kier molecular flexibility index (Phi) is 4.54. The van der Waals surface area contributed by atoms with Gasteiger partial charge in [-0.2, -0.15) is 0 Å². The molecule has 8 nitrogen and oxygen atoms in total. The van der Waals surface area contributed by atoms with Crippen molar-refractivity contribution < 1.29 is 33.0 Å². The van der Waals surface area contributed by atoms with E-state index in [1.807, 2.05) is 0 Å². The molecule has 0 spiro atoms. The first-order valence-electron chi connectivity index (χ1n) is 10.00. The van der Waals surface area contributed by atoms with Crippen LogP contribution in [0.4, 0.5) is 8.78 Å². The third kappa shape index (κ3) is 3.18. The van der Waals surface area contributed by atoms with Crippen molar-refractivity contribution >= 4 is 17.6 Å². The number of nitrogens with zero attached hydrogens (tertiary/aromatic N) is 2. The Hall–Kier alpha value is -3.27. The molecule has 1 aliphatic carbocycles. The van der Waals surface area contributed by atoms with Crippen LogP contribution in [0.2, 0.25) is 0 Å². The van der Waals surface area contributed by atoms with Gasteiger partial charge in [0, 0.05) is 30.4 Å². The molecule has 3 aliphatic rings. The fraction of sp³-hybridized carbons (Fsp3) is 0.381. The number of Topliss-reactive ketones (excluding diaryl/α,β-unsaturated/α-hetero) is 1. The number of carbonyl (C=O) groups is 3. The Balaban J connectivity index is 1.35. The highest BCUT2D eigenvalue weighted by Gasteiger charge is 2.48. The number of fused-ring (bicyclic) bond motifs is 5. The number of rotatable bonds is 4. The molecule has 2 amide bonds. The van der Waals surface area contributed by atoms with Crippen molar-refractivity contribution in [1.82, 2.24) is 14.8 Å². The van der Waals surface area contributed by atoms with E-state index in [2.05, 4.69) is 5.32 Å². The molecule has 162 valence electrons. The number of aromatic hydroxyl groups is 1. The zero-order valence-electron chi connectivity index (χ0n) is 16.3. The first-order valence-corrected chi connectivity index (χ1v) is 10.00. The van der Waals surface area contributed by atoms with Gasteiger partial charge in [-0.1, -0.05) is 6.07 Å². The maximum Gasteiger partial charge on any atom is 0.292 e. The maximum atomic E-state index is 13.7. The highest BCUT2D eigenvalue weighted by Crippen LogP contribution is 2.40.